The Kier molecular flexibility index (Phi) is 6.98. The van der Waals surface area contributed by atoms with E-state index in [1.165, 1.54) is 14.1 Å². The first kappa shape index (κ1) is 18.7. The summed E-state index contributed by atoms with van der Waals surface area (Å²) in [6.07, 6.45) is -4.01. The lowest BCUT2D eigenvalue weighted by molar-refractivity contribution is -0.165. The number of alkyl halides is 3. The molecule has 118 valence electrons. The zero-order valence-electron chi connectivity index (χ0n) is 12.2. The summed E-state index contributed by atoms with van der Waals surface area (Å²) in [5, 5.41) is 0. The molecule has 8 heteroatoms. The lowest BCUT2D eigenvalue weighted by Crippen LogP contribution is -2.52. The summed E-state index contributed by atoms with van der Waals surface area (Å²) < 4.78 is 37.5. The fraction of sp³-hybridized carbons (Fsp3) is 0.833. The topological polar surface area (TPSA) is 66.6 Å². The maximum absolute atomic E-state index is 12.5. The van der Waals surface area contributed by atoms with Crippen LogP contribution in [0.5, 0.6) is 0 Å². The molecule has 0 fully saturated rings. The number of likely N-dealkylation sites (N-methyl/N-ethyl adjacent to an activating group) is 1. The smallest absolute Gasteiger partial charge is 0.347 e. The lowest BCUT2D eigenvalue weighted by Gasteiger charge is -2.29. The second kappa shape index (κ2) is 7.47. The average molecular weight is 297 g/mol. The average Bonchev–Trinajstić information content (AvgIpc) is 2.33. The predicted molar refractivity (Wildman–Crippen MR) is 68.8 cm³/mol. The van der Waals surface area contributed by atoms with E-state index < -0.39 is 37.1 Å². The Morgan fingerprint density at radius 3 is 2.10 bits per heavy atom. The number of nitrogens with two attached hydrogens (primary N) is 1. The molecule has 2 amide bonds. The molecule has 20 heavy (non-hydrogen) atoms. The Morgan fingerprint density at radius 2 is 1.75 bits per heavy atom. The van der Waals surface area contributed by atoms with E-state index in [4.69, 9.17) is 5.73 Å². The third kappa shape index (κ3) is 6.23. The molecule has 0 unspecified atom stereocenters. The second-order valence-corrected chi connectivity index (χ2v) is 5.01. The van der Waals surface area contributed by atoms with Crippen LogP contribution in [0.2, 0.25) is 0 Å². The molecule has 0 bridgehead atoms. The van der Waals surface area contributed by atoms with Gasteiger partial charge >= 0.3 is 6.18 Å². The molecule has 0 rings (SSSR count). The third-order valence-corrected chi connectivity index (χ3v) is 3.05. The molecule has 5 nitrogen and oxygen atoms in total. The first-order chi connectivity index (χ1) is 8.99. The van der Waals surface area contributed by atoms with E-state index in [2.05, 4.69) is 0 Å². The molecule has 0 aliphatic carbocycles. The van der Waals surface area contributed by atoms with Gasteiger partial charge in [0.05, 0.1) is 6.04 Å². The summed E-state index contributed by atoms with van der Waals surface area (Å²) in [7, 11) is 2.82. The fourth-order valence-corrected chi connectivity index (χ4v) is 1.44. The van der Waals surface area contributed by atoms with Gasteiger partial charge < -0.3 is 15.5 Å². The number of hydrogen-bond acceptors (Lipinski definition) is 3. The molecular weight excluding hydrogens is 275 g/mol. The first-order valence-corrected chi connectivity index (χ1v) is 6.30. The van der Waals surface area contributed by atoms with E-state index in [1.807, 2.05) is 0 Å². The van der Waals surface area contributed by atoms with Crippen molar-refractivity contribution in [2.45, 2.75) is 32.5 Å². The van der Waals surface area contributed by atoms with Crippen LogP contribution >= 0.6 is 0 Å². The van der Waals surface area contributed by atoms with Gasteiger partial charge in [0.1, 0.15) is 13.1 Å². The highest BCUT2D eigenvalue weighted by atomic mass is 19.4. The number of halogens is 3. The molecule has 2 atom stereocenters. The highest BCUT2D eigenvalue weighted by molar-refractivity contribution is 5.87. The van der Waals surface area contributed by atoms with Crippen LogP contribution in [0.15, 0.2) is 0 Å². The SMILES string of the molecule is CC[C@H](C)[C@H](N)C(=O)N(CC(=O)N(C)C)CC(F)(F)F. The zero-order valence-corrected chi connectivity index (χ0v) is 12.2. The van der Waals surface area contributed by atoms with Crippen molar-refractivity contribution in [1.82, 2.24) is 9.80 Å². The Bertz CT molecular complexity index is 345. The monoisotopic (exact) mass is 297 g/mol. The summed E-state index contributed by atoms with van der Waals surface area (Å²) in [6, 6.07) is -1.04. The van der Waals surface area contributed by atoms with Gasteiger partial charge in [-0.1, -0.05) is 20.3 Å². The van der Waals surface area contributed by atoms with Crippen molar-refractivity contribution < 1.29 is 22.8 Å². The second-order valence-electron chi connectivity index (χ2n) is 5.01. The van der Waals surface area contributed by atoms with Crippen molar-refractivity contribution in [2.75, 3.05) is 27.2 Å². The summed E-state index contributed by atoms with van der Waals surface area (Å²) in [4.78, 5) is 25.1. The molecule has 0 saturated heterocycles. The maximum atomic E-state index is 12.5. The Morgan fingerprint density at radius 1 is 1.25 bits per heavy atom. The van der Waals surface area contributed by atoms with Crippen LogP contribution < -0.4 is 5.73 Å². The van der Waals surface area contributed by atoms with E-state index >= 15 is 0 Å². The highest BCUT2D eigenvalue weighted by Crippen LogP contribution is 2.18. The molecule has 0 saturated carbocycles. The summed E-state index contributed by atoms with van der Waals surface area (Å²) >= 11 is 0. The fourth-order valence-electron chi connectivity index (χ4n) is 1.44. The summed E-state index contributed by atoms with van der Waals surface area (Å²) in [5.74, 6) is -1.70. The third-order valence-electron chi connectivity index (χ3n) is 3.05. The van der Waals surface area contributed by atoms with E-state index in [9.17, 15) is 22.8 Å². The lowest BCUT2D eigenvalue weighted by atomic mass is 9.99. The summed E-state index contributed by atoms with van der Waals surface area (Å²) in [6.45, 7) is 1.37. The van der Waals surface area contributed by atoms with Crippen molar-refractivity contribution in [2.24, 2.45) is 11.7 Å². The standard InChI is InChI=1S/C12H22F3N3O2/c1-5-8(2)10(16)11(20)18(7-12(13,14)15)6-9(19)17(3)4/h8,10H,5-7,16H2,1-4H3/t8-,10-/m0/s1. The Balaban J connectivity index is 5.01. The number of hydrogen-bond donors (Lipinski definition) is 1. The van der Waals surface area contributed by atoms with Crippen LogP contribution in [0.1, 0.15) is 20.3 Å². The van der Waals surface area contributed by atoms with Crippen LogP contribution in [0.3, 0.4) is 0 Å². The van der Waals surface area contributed by atoms with Crippen LogP contribution in [-0.4, -0.2) is 61.0 Å². The van der Waals surface area contributed by atoms with Gasteiger partial charge in [-0.05, 0) is 5.92 Å². The van der Waals surface area contributed by atoms with Crippen molar-refractivity contribution in [3.63, 3.8) is 0 Å². The van der Waals surface area contributed by atoms with Crippen LogP contribution in [0.25, 0.3) is 0 Å². The molecule has 0 aromatic rings. The van der Waals surface area contributed by atoms with Crippen molar-refractivity contribution in [3.8, 4) is 0 Å². The molecule has 2 N–H and O–H groups in total. The van der Waals surface area contributed by atoms with Crippen molar-refractivity contribution in [3.05, 3.63) is 0 Å². The van der Waals surface area contributed by atoms with E-state index in [1.54, 1.807) is 13.8 Å². The largest absolute Gasteiger partial charge is 0.406 e. The zero-order chi connectivity index (χ0) is 16.1. The van der Waals surface area contributed by atoms with Gasteiger partial charge in [0.2, 0.25) is 11.8 Å². The minimum atomic E-state index is -4.57. The number of carbonyl (C=O) groups is 2. The van der Waals surface area contributed by atoms with Gasteiger partial charge in [-0.15, -0.1) is 0 Å². The first-order valence-electron chi connectivity index (χ1n) is 6.30. The number of carbonyl (C=O) groups excluding carboxylic acids is 2. The van der Waals surface area contributed by atoms with Crippen LogP contribution in [-0.2, 0) is 9.59 Å². The molecular formula is C12H22F3N3O2. The molecule has 0 aromatic heterocycles. The number of nitrogens with zero attached hydrogens (tertiary/aromatic N) is 2. The van der Waals surface area contributed by atoms with Gasteiger partial charge in [0.25, 0.3) is 0 Å². The molecule has 0 aliphatic rings. The van der Waals surface area contributed by atoms with Crippen molar-refractivity contribution in [1.29, 1.82) is 0 Å². The summed E-state index contributed by atoms with van der Waals surface area (Å²) in [5.41, 5.74) is 5.66. The van der Waals surface area contributed by atoms with E-state index in [0.717, 1.165) is 4.90 Å². The molecule has 0 aromatic carbocycles. The normalized spacial score (nSPS) is 14.6. The van der Waals surface area contributed by atoms with E-state index in [0.29, 0.717) is 11.3 Å². The van der Waals surface area contributed by atoms with Gasteiger partial charge in [0.15, 0.2) is 0 Å². The number of rotatable bonds is 6. The molecule has 0 aliphatic heterocycles. The van der Waals surface area contributed by atoms with E-state index in [-0.39, 0.29) is 5.92 Å². The van der Waals surface area contributed by atoms with Crippen LogP contribution in [0.4, 0.5) is 13.2 Å². The molecule has 0 heterocycles. The molecule has 0 spiro atoms. The van der Waals surface area contributed by atoms with Gasteiger partial charge in [-0.3, -0.25) is 9.59 Å². The van der Waals surface area contributed by atoms with Gasteiger partial charge in [0, 0.05) is 14.1 Å². The maximum Gasteiger partial charge on any atom is 0.406 e. The predicted octanol–water partition coefficient (Wildman–Crippen LogP) is 0.839. The van der Waals surface area contributed by atoms with Crippen LogP contribution in [0, 0.1) is 5.92 Å². The molecule has 0 radical (unpaired) electrons. The highest BCUT2D eigenvalue weighted by Gasteiger charge is 2.36. The quantitative estimate of drug-likeness (QED) is 0.790. The Labute approximate surface area is 116 Å². The minimum absolute atomic E-state index is 0.257. The van der Waals surface area contributed by atoms with Gasteiger partial charge in [-0.25, -0.2) is 0 Å². The van der Waals surface area contributed by atoms with Gasteiger partial charge in [-0.2, -0.15) is 13.2 Å². The number of amides is 2. The minimum Gasteiger partial charge on any atom is -0.347 e. The Hall–Kier alpha value is -1.31. The van der Waals surface area contributed by atoms with Crippen molar-refractivity contribution >= 4 is 11.8 Å².